The Morgan fingerprint density at radius 2 is 1.96 bits per heavy atom. The van der Waals surface area contributed by atoms with Crippen molar-refractivity contribution in [2.45, 2.75) is 12.5 Å². The number of carbonyl (C=O) groups excluding carboxylic acids is 1. The molecule has 122 valence electrons. The van der Waals surface area contributed by atoms with Gasteiger partial charge in [-0.3, -0.25) is 0 Å². The monoisotopic (exact) mass is 325 g/mol. The van der Waals surface area contributed by atoms with Gasteiger partial charge in [0.05, 0.1) is 13.3 Å². The number of benzene rings is 2. The van der Waals surface area contributed by atoms with Gasteiger partial charge in [-0.05, 0) is 16.3 Å². The molecule has 0 radical (unpaired) electrons. The van der Waals surface area contributed by atoms with Gasteiger partial charge in [0.1, 0.15) is 0 Å². The fourth-order valence-corrected chi connectivity index (χ4v) is 2.51. The van der Waals surface area contributed by atoms with Gasteiger partial charge in [0.25, 0.3) is 0 Å². The molecule has 0 saturated heterocycles. The number of esters is 1. The largest absolute Gasteiger partial charge is 0.480 e. The molecule has 0 aliphatic carbocycles. The van der Waals surface area contributed by atoms with Crippen molar-refractivity contribution in [3.63, 3.8) is 0 Å². The summed E-state index contributed by atoms with van der Waals surface area (Å²) in [5.74, 6) is -1.71. The number of hydrogen-bond acceptors (Lipinski definition) is 5. The van der Waals surface area contributed by atoms with Crippen molar-refractivity contribution < 1.29 is 19.4 Å². The molecule has 0 fully saturated rings. The lowest BCUT2D eigenvalue weighted by atomic mass is 10.0. The van der Waals surface area contributed by atoms with Gasteiger partial charge in [0.2, 0.25) is 0 Å². The lowest BCUT2D eigenvalue weighted by Gasteiger charge is -2.12. The molecular formula is C17H15N3O4. The fourth-order valence-electron chi connectivity index (χ4n) is 2.51. The van der Waals surface area contributed by atoms with Crippen LogP contribution in [0.5, 0.6) is 0 Å². The predicted octanol–water partition coefficient (Wildman–Crippen LogP) is 2.09. The van der Waals surface area contributed by atoms with Crippen molar-refractivity contribution in [1.29, 1.82) is 0 Å². The van der Waals surface area contributed by atoms with Gasteiger partial charge in [-0.2, -0.15) is 0 Å². The van der Waals surface area contributed by atoms with Gasteiger partial charge < -0.3 is 9.84 Å². The van der Waals surface area contributed by atoms with E-state index in [0.29, 0.717) is 0 Å². The Hall–Kier alpha value is -3.22. The van der Waals surface area contributed by atoms with Crippen molar-refractivity contribution in [3.05, 3.63) is 59.9 Å². The highest BCUT2D eigenvalue weighted by molar-refractivity contribution is 5.86. The van der Waals surface area contributed by atoms with Crippen LogP contribution in [-0.2, 0) is 16.0 Å². The van der Waals surface area contributed by atoms with E-state index in [0.717, 1.165) is 16.3 Å². The number of nitrogens with zero attached hydrogens (tertiary/aromatic N) is 3. The lowest BCUT2D eigenvalue weighted by molar-refractivity contribution is -0.141. The highest BCUT2D eigenvalue weighted by Crippen LogP contribution is 2.20. The highest BCUT2D eigenvalue weighted by Gasteiger charge is 2.23. The van der Waals surface area contributed by atoms with Crippen LogP contribution in [0.25, 0.3) is 10.8 Å². The molecular weight excluding hydrogens is 310 g/mol. The Kier molecular flexibility index (Phi) is 4.24. The molecule has 0 bridgehead atoms. The maximum absolute atomic E-state index is 11.6. The summed E-state index contributed by atoms with van der Waals surface area (Å²) < 4.78 is 5.72. The maximum Gasteiger partial charge on any atom is 0.360 e. The molecule has 3 rings (SSSR count). The molecule has 3 aromatic rings. The van der Waals surface area contributed by atoms with E-state index in [9.17, 15) is 14.7 Å². The Morgan fingerprint density at radius 1 is 1.21 bits per heavy atom. The molecule has 0 aliphatic rings. The van der Waals surface area contributed by atoms with E-state index >= 15 is 0 Å². The zero-order valence-electron chi connectivity index (χ0n) is 12.9. The van der Waals surface area contributed by atoms with Crippen LogP contribution >= 0.6 is 0 Å². The van der Waals surface area contributed by atoms with Crippen LogP contribution < -0.4 is 0 Å². The van der Waals surface area contributed by atoms with Crippen molar-refractivity contribution in [2.75, 3.05) is 7.11 Å². The summed E-state index contributed by atoms with van der Waals surface area (Å²) in [6, 6.07) is 12.7. The van der Waals surface area contributed by atoms with Crippen molar-refractivity contribution in [1.82, 2.24) is 15.0 Å². The molecule has 0 saturated carbocycles. The standard InChI is InChI=1S/C17H15N3O4/c1-24-17(23)14-10-20(19-18-14)15(16(21)22)9-11-6-7-12-4-2-3-5-13(12)8-11/h2-8,10,15H,9H2,1H3,(H,21,22). The van der Waals surface area contributed by atoms with Gasteiger partial charge in [-0.25, -0.2) is 14.3 Å². The number of aliphatic carboxylic acids is 1. The number of ether oxygens (including phenoxy) is 1. The molecule has 1 unspecified atom stereocenters. The fraction of sp³-hybridized carbons (Fsp3) is 0.176. The van der Waals surface area contributed by atoms with E-state index < -0.39 is 18.0 Å². The average molecular weight is 325 g/mol. The number of carboxylic acid groups (broad SMARTS) is 1. The third-order valence-corrected chi connectivity index (χ3v) is 3.75. The van der Waals surface area contributed by atoms with Crippen LogP contribution in [0, 0.1) is 0 Å². The molecule has 2 aromatic carbocycles. The Labute approximate surface area is 137 Å². The lowest BCUT2D eigenvalue weighted by Crippen LogP contribution is -2.22. The number of rotatable bonds is 5. The first kappa shape index (κ1) is 15.7. The number of carbonyl (C=O) groups is 2. The van der Waals surface area contributed by atoms with Gasteiger partial charge >= 0.3 is 11.9 Å². The zero-order valence-corrected chi connectivity index (χ0v) is 12.9. The summed E-state index contributed by atoms with van der Waals surface area (Å²) >= 11 is 0. The van der Waals surface area contributed by atoms with Crippen LogP contribution in [0.1, 0.15) is 22.1 Å². The minimum atomic E-state index is -1.05. The van der Waals surface area contributed by atoms with Crippen LogP contribution in [0.2, 0.25) is 0 Å². The van der Waals surface area contributed by atoms with E-state index in [4.69, 9.17) is 0 Å². The van der Waals surface area contributed by atoms with Gasteiger partial charge in [0, 0.05) is 6.42 Å². The summed E-state index contributed by atoms with van der Waals surface area (Å²) in [6.07, 6.45) is 1.51. The second-order valence-corrected chi connectivity index (χ2v) is 5.32. The van der Waals surface area contributed by atoms with E-state index in [-0.39, 0.29) is 12.1 Å². The molecule has 0 spiro atoms. The van der Waals surface area contributed by atoms with E-state index in [1.807, 2.05) is 42.5 Å². The van der Waals surface area contributed by atoms with Gasteiger partial charge in [-0.15, -0.1) is 5.10 Å². The van der Waals surface area contributed by atoms with E-state index in [1.165, 1.54) is 18.0 Å². The number of fused-ring (bicyclic) bond motifs is 1. The molecule has 24 heavy (non-hydrogen) atoms. The number of carboxylic acids is 1. The summed E-state index contributed by atoms with van der Waals surface area (Å²) in [5, 5.41) is 19.0. The molecule has 0 amide bonds. The number of methoxy groups -OCH3 is 1. The predicted molar refractivity (Wildman–Crippen MR) is 85.7 cm³/mol. The molecule has 1 N–H and O–H groups in total. The van der Waals surface area contributed by atoms with Crippen LogP contribution in [0.4, 0.5) is 0 Å². The Balaban J connectivity index is 1.89. The first-order valence-corrected chi connectivity index (χ1v) is 7.29. The molecule has 7 heteroatoms. The normalized spacial score (nSPS) is 12.0. The first-order chi connectivity index (χ1) is 11.6. The first-order valence-electron chi connectivity index (χ1n) is 7.29. The minimum absolute atomic E-state index is 0.0257. The molecule has 1 aromatic heterocycles. The van der Waals surface area contributed by atoms with Gasteiger partial charge in [0.15, 0.2) is 11.7 Å². The zero-order chi connectivity index (χ0) is 17.1. The van der Waals surface area contributed by atoms with Crippen LogP contribution in [0.15, 0.2) is 48.7 Å². The average Bonchev–Trinajstić information content (AvgIpc) is 3.08. The minimum Gasteiger partial charge on any atom is -0.480 e. The summed E-state index contributed by atoms with van der Waals surface area (Å²) in [6.45, 7) is 0. The highest BCUT2D eigenvalue weighted by atomic mass is 16.5. The quantitative estimate of drug-likeness (QED) is 0.722. The Bertz CT molecular complexity index is 903. The number of hydrogen-bond donors (Lipinski definition) is 1. The van der Waals surface area contributed by atoms with Crippen LogP contribution in [-0.4, -0.2) is 39.1 Å². The Morgan fingerprint density at radius 3 is 2.67 bits per heavy atom. The maximum atomic E-state index is 11.6. The van der Waals surface area contributed by atoms with Crippen molar-refractivity contribution in [3.8, 4) is 0 Å². The van der Waals surface area contributed by atoms with Crippen molar-refractivity contribution >= 4 is 22.7 Å². The topological polar surface area (TPSA) is 94.3 Å². The molecule has 1 heterocycles. The van der Waals surface area contributed by atoms with E-state index in [2.05, 4.69) is 15.0 Å². The second-order valence-electron chi connectivity index (χ2n) is 5.32. The summed E-state index contributed by atoms with van der Waals surface area (Å²) in [7, 11) is 1.23. The smallest absolute Gasteiger partial charge is 0.360 e. The van der Waals surface area contributed by atoms with Crippen molar-refractivity contribution in [2.24, 2.45) is 0 Å². The summed E-state index contributed by atoms with van der Waals surface area (Å²) in [5.41, 5.74) is 0.832. The SMILES string of the molecule is COC(=O)c1cn(C(Cc2ccc3ccccc3c2)C(=O)O)nn1. The molecule has 0 aliphatic heterocycles. The third kappa shape index (κ3) is 3.10. The second kappa shape index (κ2) is 6.49. The summed E-state index contributed by atoms with van der Waals surface area (Å²) in [4.78, 5) is 23.1. The third-order valence-electron chi connectivity index (χ3n) is 3.75. The molecule has 1 atom stereocenters. The van der Waals surface area contributed by atoms with Gasteiger partial charge in [-0.1, -0.05) is 47.7 Å². The van der Waals surface area contributed by atoms with Crippen LogP contribution in [0.3, 0.4) is 0 Å². The number of aromatic nitrogens is 3. The van der Waals surface area contributed by atoms with E-state index in [1.54, 1.807) is 0 Å². The molecule has 7 nitrogen and oxygen atoms in total.